The van der Waals surface area contributed by atoms with E-state index in [2.05, 4.69) is 488 Å². The number of rotatable bonds is 9. The Morgan fingerprint density at radius 2 is 0.347 bits per heavy atom. The zero-order chi connectivity index (χ0) is 82.8. The van der Waals surface area contributed by atoms with E-state index in [4.69, 9.17) is 0 Å². The monoisotopic (exact) mass is 1570 g/mol. The standard InChI is InChI=1S/C52H34.C38H30.C34H22/c1-5-17-35(18-6-1)49-41-25-13-15-27-43(41)51(37-21-9-3-10-22-37)47-33-39(29-31-45(47)49)40-30-32-46-48(34-40)52(38-23-11-4-12-24-38)44-28-16-14-26-42(44)50(46)36-19-7-2-8-20-36;1-38(2,3)31-20-21-34-35(24-31)37(30-19-17-26-11-5-7-13-28(26)23-30)33-15-9-8-14-32(33)36(34)29-18-16-25-10-4-6-12-27(25)22-29;1-3-15-25-23(11-1)13-9-21-27(25)33-29-17-5-7-19-31(29)34(32-20-8-6-18-30(32)33)28-22-10-14-24-12-2-4-16-26(24)28/h1-34H;4-24H,1-3H3;1-22H. The van der Waals surface area contributed by atoms with Crippen LogP contribution in [0, 0.1) is 0 Å². The normalized spacial score (nSPS) is 11.7. The van der Waals surface area contributed by atoms with E-state index in [9.17, 15) is 0 Å². The van der Waals surface area contributed by atoms with Gasteiger partial charge in [-0.2, -0.15) is 0 Å². The molecule has 0 aliphatic carbocycles. The molecule has 24 aromatic carbocycles. The van der Waals surface area contributed by atoms with E-state index in [0.29, 0.717) is 0 Å². The minimum Gasteiger partial charge on any atom is -0.0622 e. The fraction of sp³-hybridized carbons (Fsp3) is 0.0323. The molecule has 0 atom stereocenters. The van der Waals surface area contributed by atoms with Crippen LogP contribution in [0.4, 0.5) is 0 Å². The van der Waals surface area contributed by atoms with E-state index in [1.54, 1.807) is 0 Å². The van der Waals surface area contributed by atoms with Gasteiger partial charge in [-0.1, -0.05) is 458 Å². The molecule has 0 saturated heterocycles. The van der Waals surface area contributed by atoms with Crippen LogP contribution in [0.15, 0.2) is 467 Å². The van der Waals surface area contributed by atoms with E-state index >= 15 is 0 Å². The highest BCUT2D eigenvalue weighted by atomic mass is 14.3. The van der Waals surface area contributed by atoms with E-state index < -0.39 is 0 Å². The Hall–Kier alpha value is -15.6. The van der Waals surface area contributed by atoms with Gasteiger partial charge in [0.2, 0.25) is 0 Å². The van der Waals surface area contributed by atoms with Crippen molar-refractivity contribution in [2.75, 3.05) is 0 Å². The summed E-state index contributed by atoms with van der Waals surface area (Å²) in [6.07, 6.45) is 0. The predicted octanol–water partition coefficient (Wildman–Crippen LogP) is 35.2. The predicted molar refractivity (Wildman–Crippen MR) is 537 cm³/mol. The second-order valence-corrected chi connectivity index (χ2v) is 33.9. The Morgan fingerprint density at radius 1 is 0.121 bits per heavy atom. The summed E-state index contributed by atoms with van der Waals surface area (Å²) in [7, 11) is 0. The number of hydrogen-bond donors (Lipinski definition) is 0. The molecule has 0 N–H and O–H groups in total. The van der Waals surface area contributed by atoms with Gasteiger partial charge in [-0.25, -0.2) is 0 Å². The summed E-state index contributed by atoms with van der Waals surface area (Å²) in [5.74, 6) is 0. The molecular formula is C124H86. The largest absolute Gasteiger partial charge is 0.0622 e. The van der Waals surface area contributed by atoms with Gasteiger partial charge in [0, 0.05) is 0 Å². The highest BCUT2D eigenvalue weighted by Crippen LogP contribution is 2.52. The molecule has 0 heteroatoms. The Kier molecular flexibility index (Phi) is 19.0. The number of fused-ring (bicyclic) bond motifs is 12. The van der Waals surface area contributed by atoms with Gasteiger partial charge in [0.05, 0.1) is 0 Å². The van der Waals surface area contributed by atoms with Crippen LogP contribution in [0.2, 0.25) is 0 Å². The average Bonchev–Trinajstić information content (AvgIpc) is 0.732. The van der Waals surface area contributed by atoms with E-state index in [0.717, 1.165) is 0 Å². The molecule has 0 radical (unpaired) electrons. The van der Waals surface area contributed by atoms with E-state index in [-0.39, 0.29) is 5.41 Å². The molecule has 0 nitrogen and oxygen atoms in total. The van der Waals surface area contributed by atoms with Crippen LogP contribution in [0.1, 0.15) is 26.3 Å². The van der Waals surface area contributed by atoms with Crippen molar-refractivity contribution in [2.45, 2.75) is 26.2 Å². The molecule has 0 saturated carbocycles. The van der Waals surface area contributed by atoms with Crippen molar-refractivity contribution in [3.63, 3.8) is 0 Å². The third-order valence-electron chi connectivity index (χ3n) is 25.6. The summed E-state index contributed by atoms with van der Waals surface area (Å²) in [5, 5.41) is 30.7. The summed E-state index contributed by atoms with van der Waals surface area (Å²) >= 11 is 0. The van der Waals surface area contributed by atoms with Crippen LogP contribution in [0.25, 0.3) is 229 Å². The lowest BCUT2D eigenvalue weighted by atomic mass is 9.81. The topological polar surface area (TPSA) is 0 Å². The summed E-state index contributed by atoms with van der Waals surface area (Å²) in [5.41, 5.74) is 24.2. The summed E-state index contributed by atoms with van der Waals surface area (Å²) < 4.78 is 0. The molecular weight excluding hydrogens is 1490 g/mol. The van der Waals surface area contributed by atoms with Gasteiger partial charge in [-0.3, -0.25) is 0 Å². The summed E-state index contributed by atoms with van der Waals surface area (Å²) in [6, 6.07) is 171. The minimum absolute atomic E-state index is 0.0591. The van der Waals surface area contributed by atoms with Crippen molar-refractivity contribution >= 4 is 129 Å². The van der Waals surface area contributed by atoms with Crippen LogP contribution >= 0.6 is 0 Å². The quantitative estimate of drug-likeness (QED) is 0.126. The lowest BCUT2D eigenvalue weighted by Crippen LogP contribution is -2.10. The van der Waals surface area contributed by atoms with Crippen molar-refractivity contribution in [3.05, 3.63) is 473 Å². The molecule has 0 heterocycles. The van der Waals surface area contributed by atoms with Crippen LogP contribution in [-0.4, -0.2) is 0 Å². The van der Waals surface area contributed by atoms with Gasteiger partial charge < -0.3 is 0 Å². The third-order valence-corrected chi connectivity index (χ3v) is 25.6. The molecule has 0 aliphatic rings. The van der Waals surface area contributed by atoms with Gasteiger partial charge in [-0.15, -0.1) is 0 Å². The second kappa shape index (κ2) is 31.5. The van der Waals surface area contributed by atoms with Gasteiger partial charge in [-0.05, 0) is 271 Å². The lowest BCUT2D eigenvalue weighted by Gasteiger charge is -2.23. The maximum absolute atomic E-state index is 2.44. The zero-order valence-electron chi connectivity index (χ0n) is 69.5. The SMILES string of the molecule is CC(C)(C)c1ccc2c(-c3ccc4ccccc4c3)c3ccccc3c(-c3ccc4ccccc4c3)c2c1.c1ccc(-c2c3ccccc3c(-c3ccccc3)c3cc(-c4ccc5c(-c6ccccc6)c6ccccc6c(-c6ccccc6)c5c4)ccc23)cc1.c1ccc2c(-c3c4ccccc4c(-c4cccc5ccccc45)c4ccccc34)cccc2c1. The fourth-order valence-electron chi connectivity index (χ4n) is 19.9. The molecule has 0 fully saturated rings. The lowest BCUT2D eigenvalue weighted by molar-refractivity contribution is 0.591. The number of hydrogen-bond acceptors (Lipinski definition) is 0. The second-order valence-electron chi connectivity index (χ2n) is 33.9. The molecule has 24 rings (SSSR count). The van der Waals surface area contributed by atoms with Crippen molar-refractivity contribution in [1.29, 1.82) is 0 Å². The Bertz CT molecular complexity index is 7890. The first-order valence-corrected chi connectivity index (χ1v) is 43.3. The first-order chi connectivity index (χ1) is 61.2. The Balaban J connectivity index is 0.000000114. The van der Waals surface area contributed by atoms with Crippen LogP contribution in [-0.2, 0) is 5.41 Å². The van der Waals surface area contributed by atoms with Crippen LogP contribution in [0.5, 0.6) is 0 Å². The molecule has 124 heavy (non-hydrogen) atoms. The number of benzene rings is 24. The van der Waals surface area contributed by atoms with E-state index in [1.807, 2.05) is 0 Å². The maximum atomic E-state index is 2.44. The zero-order valence-corrected chi connectivity index (χ0v) is 69.5. The van der Waals surface area contributed by atoms with Crippen molar-refractivity contribution < 1.29 is 0 Å². The first-order valence-electron chi connectivity index (χ1n) is 43.3. The Morgan fingerprint density at radius 3 is 0.677 bits per heavy atom. The van der Waals surface area contributed by atoms with E-state index in [1.165, 1.54) is 235 Å². The molecule has 0 spiro atoms. The fourth-order valence-corrected chi connectivity index (χ4v) is 19.9. The smallest absolute Gasteiger partial charge is 0.00201 e. The minimum atomic E-state index is 0.0591. The highest BCUT2D eigenvalue weighted by Gasteiger charge is 2.25. The van der Waals surface area contributed by atoms with Gasteiger partial charge in [0.15, 0.2) is 0 Å². The summed E-state index contributed by atoms with van der Waals surface area (Å²) in [6.45, 7) is 6.90. The van der Waals surface area contributed by atoms with Crippen LogP contribution < -0.4 is 0 Å². The molecule has 0 aromatic heterocycles. The molecule has 0 aliphatic heterocycles. The van der Waals surface area contributed by atoms with Gasteiger partial charge in [0.25, 0.3) is 0 Å². The third kappa shape index (κ3) is 13.3. The van der Waals surface area contributed by atoms with Crippen LogP contribution in [0.3, 0.4) is 0 Å². The van der Waals surface area contributed by atoms with Crippen molar-refractivity contribution in [2.24, 2.45) is 0 Å². The van der Waals surface area contributed by atoms with Crippen molar-refractivity contribution in [1.82, 2.24) is 0 Å². The molecule has 582 valence electrons. The molecule has 0 amide bonds. The Labute approximate surface area is 723 Å². The average molecular weight is 1580 g/mol. The van der Waals surface area contributed by atoms with Gasteiger partial charge in [0.1, 0.15) is 0 Å². The van der Waals surface area contributed by atoms with Crippen molar-refractivity contribution in [3.8, 4) is 100 Å². The molecule has 0 bridgehead atoms. The molecule has 0 unspecified atom stereocenters. The maximum Gasteiger partial charge on any atom is -0.00201 e. The molecule has 24 aromatic rings. The van der Waals surface area contributed by atoms with Gasteiger partial charge >= 0.3 is 0 Å². The highest BCUT2D eigenvalue weighted by molar-refractivity contribution is 6.28. The first kappa shape index (κ1) is 74.7. The summed E-state index contributed by atoms with van der Waals surface area (Å²) in [4.78, 5) is 0.